The first kappa shape index (κ1) is 26.2. The van der Waals surface area contributed by atoms with Crippen molar-refractivity contribution in [2.75, 3.05) is 26.7 Å². The highest BCUT2D eigenvalue weighted by molar-refractivity contribution is 5.91. The Hall–Kier alpha value is -2.78. The van der Waals surface area contributed by atoms with Gasteiger partial charge in [-0.1, -0.05) is 19.6 Å². The monoisotopic (exact) mass is 410 g/mol. The molecule has 0 aliphatic carbocycles. The Labute approximate surface area is 171 Å². The van der Waals surface area contributed by atoms with Crippen molar-refractivity contribution >= 4 is 24.6 Å². The second kappa shape index (κ2) is 13.4. The molecule has 1 fully saturated rings. The molecule has 0 radical (unpaired) electrons. The topological polar surface area (TPSA) is 122 Å². The predicted octanol–water partition coefficient (Wildman–Crippen LogP) is 1.06. The molecule has 2 unspecified atom stereocenters. The van der Waals surface area contributed by atoms with Crippen LogP contribution in [0, 0.1) is 0 Å². The maximum absolute atomic E-state index is 12.9. The number of hydrogen-bond acceptors (Lipinski definition) is 7. The van der Waals surface area contributed by atoms with Crippen molar-refractivity contribution in [3.05, 3.63) is 35.6 Å². The van der Waals surface area contributed by atoms with E-state index >= 15 is 0 Å². The maximum atomic E-state index is 12.9. The van der Waals surface area contributed by atoms with Crippen molar-refractivity contribution in [3.8, 4) is 0 Å². The minimum atomic E-state index is -1.69. The number of aliphatic carboxylic acids is 1. The van der Waals surface area contributed by atoms with Crippen LogP contribution in [0.15, 0.2) is 35.6 Å². The van der Waals surface area contributed by atoms with E-state index in [4.69, 9.17) is 14.3 Å². The molecular formula is C20H30N2O7. The van der Waals surface area contributed by atoms with Gasteiger partial charge in [0.25, 0.3) is 5.91 Å². The lowest BCUT2D eigenvalue weighted by molar-refractivity contribution is -0.183. The van der Waals surface area contributed by atoms with Gasteiger partial charge in [-0.2, -0.15) is 0 Å². The molecule has 0 saturated carbocycles. The van der Waals surface area contributed by atoms with Gasteiger partial charge in [-0.3, -0.25) is 9.59 Å². The summed E-state index contributed by atoms with van der Waals surface area (Å²) in [7, 11) is 1.82. The summed E-state index contributed by atoms with van der Waals surface area (Å²) in [6.45, 7) is 11.9. The van der Waals surface area contributed by atoms with E-state index in [0.29, 0.717) is 18.7 Å². The summed E-state index contributed by atoms with van der Waals surface area (Å²) in [6, 6.07) is 0. The Morgan fingerprint density at radius 2 is 2.03 bits per heavy atom. The number of rotatable bonds is 9. The normalized spacial score (nSPS) is 18.4. The van der Waals surface area contributed by atoms with Crippen LogP contribution in [0.2, 0.25) is 0 Å². The number of nitrogens with one attached hydrogen (secondary N) is 1. The van der Waals surface area contributed by atoms with Gasteiger partial charge in [0.1, 0.15) is 6.79 Å². The molecule has 0 aromatic carbocycles. The van der Waals surface area contributed by atoms with Crippen molar-refractivity contribution in [1.82, 2.24) is 10.2 Å². The van der Waals surface area contributed by atoms with Gasteiger partial charge in [0.2, 0.25) is 6.10 Å². The van der Waals surface area contributed by atoms with Crippen molar-refractivity contribution in [2.45, 2.75) is 39.4 Å². The maximum Gasteiger partial charge on any atom is 0.348 e. The molecule has 0 aromatic rings. The van der Waals surface area contributed by atoms with E-state index in [1.807, 2.05) is 39.8 Å². The zero-order valence-electron chi connectivity index (χ0n) is 17.4. The molecule has 1 aliphatic rings. The van der Waals surface area contributed by atoms with E-state index < -0.39 is 30.1 Å². The van der Waals surface area contributed by atoms with E-state index in [2.05, 4.69) is 11.9 Å². The molecule has 9 heteroatoms. The van der Waals surface area contributed by atoms with Crippen LogP contribution in [0.25, 0.3) is 0 Å². The van der Waals surface area contributed by atoms with Gasteiger partial charge < -0.3 is 29.6 Å². The Morgan fingerprint density at radius 1 is 1.41 bits per heavy atom. The van der Waals surface area contributed by atoms with Gasteiger partial charge >= 0.3 is 11.9 Å². The zero-order chi connectivity index (χ0) is 22.6. The first-order valence-corrected chi connectivity index (χ1v) is 9.06. The smallest absolute Gasteiger partial charge is 0.348 e. The van der Waals surface area contributed by atoms with Crippen LogP contribution in [0.5, 0.6) is 0 Å². The largest absolute Gasteiger partial charge is 0.478 e. The average Bonchev–Trinajstić information content (AvgIpc) is 2.67. The highest BCUT2D eigenvalue weighted by Crippen LogP contribution is 2.21. The van der Waals surface area contributed by atoms with E-state index in [0.717, 1.165) is 18.1 Å². The van der Waals surface area contributed by atoms with Gasteiger partial charge in [0.15, 0.2) is 6.10 Å². The van der Waals surface area contributed by atoms with Crippen LogP contribution in [0.1, 0.15) is 27.2 Å². The molecule has 1 amide bonds. The lowest BCUT2D eigenvalue weighted by atomic mass is 10.1. The third kappa shape index (κ3) is 8.00. The SMILES string of the molecule is C=C(CNC)/C(C)=C\C(=C/CC)N1CCOC(C(OC(C)=O)C(=O)O)C1=O.C=O. The van der Waals surface area contributed by atoms with Crippen LogP contribution >= 0.6 is 0 Å². The molecule has 1 saturated heterocycles. The van der Waals surface area contributed by atoms with Gasteiger partial charge in [0.05, 0.1) is 6.61 Å². The molecule has 1 rings (SSSR count). The zero-order valence-corrected chi connectivity index (χ0v) is 17.4. The van der Waals surface area contributed by atoms with Crippen LogP contribution in [0.3, 0.4) is 0 Å². The molecule has 0 spiro atoms. The predicted molar refractivity (Wildman–Crippen MR) is 107 cm³/mol. The van der Waals surface area contributed by atoms with E-state index in [-0.39, 0.29) is 13.2 Å². The number of carboxylic acids is 1. The van der Waals surface area contributed by atoms with Gasteiger partial charge in [-0.15, -0.1) is 0 Å². The summed E-state index contributed by atoms with van der Waals surface area (Å²) < 4.78 is 10.1. The van der Waals surface area contributed by atoms with Gasteiger partial charge in [-0.05, 0) is 37.6 Å². The summed E-state index contributed by atoms with van der Waals surface area (Å²) in [5, 5.41) is 12.3. The number of esters is 1. The minimum Gasteiger partial charge on any atom is -0.478 e. The Morgan fingerprint density at radius 3 is 2.52 bits per heavy atom. The van der Waals surface area contributed by atoms with Gasteiger partial charge in [0, 0.05) is 25.7 Å². The quantitative estimate of drug-likeness (QED) is 0.427. The van der Waals surface area contributed by atoms with Crippen LogP contribution in [-0.2, 0) is 28.7 Å². The molecule has 0 bridgehead atoms. The lowest BCUT2D eigenvalue weighted by Gasteiger charge is -2.35. The summed E-state index contributed by atoms with van der Waals surface area (Å²) in [4.78, 5) is 45.0. The fourth-order valence-electron chi connectivity index (χ4n) is 2.63. The molecule has 2 atom stereocenters. The number of carbonyl (C=O) groups excluding carboxylic acids is 3. The molecule has 2 N–H and O–H groups in total. The molecule has 1 aliphatic heterocycles. The summed E-state index contributed by atoms with van der Waals surface area (Å²) in [6.07, 6.45) is 1.31. The summed E-state index contributed by atoms with van der Waals surface area (Å²) in [5.41, 5.74) is 2.41. The van der Waals surface area contributed by atoms with Crippen molar-refractivity contribution in [3.63, 3.8) is 0 Å². The third-order valence-corrected chi connectivity index (χ3v) is 3.97. The van der Waals surface area contributed by atoms with Crippen molar-refractivity contribution in [2.24, 2.45) is 0 Å². The fourth-order valence-corrected chi connectivity index (χ4v) is 2.63. The van der Waals surface area contributed by atoms with Crippen LogP contribution in [-0.4, -0.2) is 73.6 Å². The molecular weight excluding hydrogens is 380 g/mol. The first-order chi connectivity index (χ1) is 13.7. The number of likely N-dealkylation sites (N-methyl/N-ethyl adjacent to an activating group) is 1. The van der Waals surface area contributed by atoms with Gasteiger partial charge in [-0.25, -0.2) is 4.79 Å². The fraction of sp³-hybridized carbons (Fsp3) is 0.500. The number of hydrogen-bond donors (Lipinski definition) is 2. The second-order valence-corrected chi connectivity index (χ2v) is 6.15. The third-order valence-electron chi connectivity index (χ3n) is 3.97. The Kier molecular flexibility index (Phi) is 12.1. The highest BCUT2D eigenvalue weighted by Gasteiger charge is 2.42. The number of allylic oxidation sites excluding steroid dienone is 2. The van der Waals surface area contributed by atoms with Crippen molar-refractivity contribution in [1.29, 1.82) is 0 Å². The van der Waals surface area contributed by atoms with E-state index in [1.165, 1.54) is 4.90 Å². The van der Waals surface area contributed by atoms with E-state index in [9.17, 15) is 19.5 Å². The lowest BCUT2D eigenvalue weighted by Crippen LogP contribution is -2.54. The molecule has 29 heavy (non-hydrogen) atoms. The summed E-state index contributed by atoms with van der Waals surface area (Å²) >= 11 is 0. The number of amides is 1. The Balaban J connectivity index is 0.00000379. The number of carboxylic acid groups (broad SMARTS) is 1. The highest BCUT2D eigenvalue weighted by atomic mass is 16.6. The minimum absolute atomic E-state index is 0.132. The number of morpholine rings is 1. The standard InChI is InChI=1S/C19H28N2O6.CH2O/c1-6-7-15(10-12(2)13(3)11-20-5)21-8-9-26-16(18(21)23)17(19(24)25)27-14(4)22;1-2/h7,10,16-17,20H,3,6,8-9,11H2,1-2,4-5H3,(H,24,25);1H2/b12-10-,15-7+;. The van der Waals surface area contributed by atoms with Crippen LogP contribution in [0.4, 0.5) is 0 Å². The summed E-state index contributed by atoms with van der Waals surface area (Å²) in [5.74, 6) is -2.78. The molecule has 162 valence electrons. The average molecular weight is 410 g/mol. The van der Waals surface area contributed by atoms with Crippen LogP contribution < -0.4 is 5.32 Å². The number of carbonyl (C=O) groups is 4. The number of ether oxygens (including phenoxy) is 2. The second-order valence-electron chi connectivity index (χ2n) is 6.15. The number of nitrogens with zero attached hydrogens (tertiary/aromatic N) is 1. The molecule has 1 heterocycles. The first-order valence-electron chi connectivity index (χ1n) is 9.06. The Bertz CT molecular complexity index is 670. The van der Waals surface area contributed by atoms with E-state index in [1.54, 1.807) is 0 Å². The van der Waals surface area contributed by atoms with Crippen molar-refractivity contribution < 1.29 is 33.8 Å². The molecule has 9 nitrogen and oxygen atoms in total. The molecule has 0 aromatic heterocycles.